The Bertz CT molecular complexity index is 787. The molecule has 1 fully saturated rings. The van der Waals surface area contributed by atoms with Crippen LogP contribution in [0.3, 0.4) is 0 Å². The highest BCUT2D eigenvalue weighted by Crippen LogP contribution is 2.24. The summed E-state index contributed by atoms with van der Waals surface area (Å²) in [5, 5.41) is 5.80. The fourth-order valence-corrected chi connectivity index (χ4v) is 2.80. The predicted molar refractivity (Wildman–Crippen MR) is 94.9 cm³/mol. The summed E-state index contributed by atoms with van der Waals surface area (Å²) in [6.45, 7) is 1.95. The van der Waals surface area contributed by atoms with E-state index in [0.29, 0.717) is 17.9 Å². The van der Waals surface area contributed by atoms with Gasteiger partial charge in [-0.05, 0) is 29.8 Å². The Morgan fingerprint density at radius 3 is 2.40 bits per heavy atom. The van der Waals surface area contributed by atoms with Crippen LogP contribution in [0.1, 0.15) is 18.9 Å². The Kier molecular flexibility index (Phi) is 4.90. The third-order valence-electron chi connectivity index (χ3n) is 3.99. The van der Waals surface area contributed by atoms with Gasteiger partial charge in [0.25, 0.3) is 5.91 Å². The van der Waals surface area contributed by atoms with E-state index < -0.39 is 6.04 Å². The second kappa shape index (κ2) is 7.27. The maximum absolute atomic E-state index is 12.6. The van der Waals surface area contributed by atoms with Crippen LogP contribution in [0.25, 0.3) is 0 Å². The average molecular weight is 337 g/mol. The van der Waals surface area contributed by atoms with Crippen molar-refractivity contribution >= 4 is 29.1 Å². The summed E-state index contributed by atoms with van der Waals surface area (Å²) < 4.78 is 0. The first-order valence-electron chi connectivity index (χ1n) is 8.06. The van der Waals surface area contributed by atoms with E-state index in [-0.39, 0.29) is 24.1 Å². The van der Waals surface area contributed by atoms with Crippen molar-refractivity contribution in [2.24, 2.45) is 0 Å². The lowest BCUT2D eigenvalue weighted by molar-refractivity contribution is -0.121. The van der Waals surface area contributed by atoms with Gasteiger partial charge in [0.1, 0.15) is 0 Å². The molecule has 1 saturated heterocycles. The van der Waals surface area contributed by atoms with Gasteiger partial charge in [0, 0.05) is 19.2 Å². The van der Waals surface area contributed by atoms with E-state index in [2.05, 4.69) is 10.6 Å². The van der Waals surface area contributed by atoms with Crippen molar-refractivity contribution in [3.63, 3.8) is 0 Å². The maximum Gasteiger partial charge on any atom is 0.251 e. The number of hydrogen-bond donors (Lipinski definition) is 2. The Balaban J connectivity index is 1.67. The lowest BCUT2D eigenvalue weighted by Gasteiger charge is -2.16. The molecule has 1 unspecified atom stereocenters. The molecule has 3 rings (SSSR count). The van der Waals surface area contributed by atoms with E-state index in [1.807, 2.05) is 30.3 Å². The monoisotopic (exact) mass is 337 g/mol. The zero-order valence-corrected chi connectivity index (χ0v) is 13.9. The fourth-order valence-electron chi connectivity index (χ4n) is 2.80. The summed E-state index contributed by atoms with van der Waals surface area (Å²) in [6.07, 6.45) is 0.138. The van der Waals surface area contributed by atoms with Crippen LogP contribution in [0.15, 0.2) is 54.6 Å². The van der Waals surface area contributed by atoms with E-state index in [1.165, 1.54) is 11.8 Å². The molecule has 0 spiro atoms. The molecular weight excluding hydrogens is 318 g/mol. The Hall–Kier alpha value is -2.99. The predicted octanol–water partition coefficient (Wildman–Crippen LogP) is 2.07. The minimum atomic E-state index is -0.525. The second-order valence-corrected chi connectivity index (χ2v) is 5.92. The highest BCUT2D eigenvalue weighted by molar-refractivity contribution is 6.22. The second-order valence-electron chi connectivity index (χ2n) is 5.92. The zero-order valence-electron chi connectivity index (χ0n) is 13.9. The molecule has 2 aromatic carbocycles. The van der Waals surface area contributed by atoms with Gasteiger partial charge in [-0.2, -0.15) is 0 Å². The van der Waals surface area contributed by atoms with Crippen molar-refractivity contribution in [3.8, 4) is 0 Å². The highest BCUT2D eigenvalue weighted by Gasteiger charge is 2.39. The summed E-state index contributed by atoms with van der Waals surface area (Å²) in [7, 11) is 0. The van der Waals surface area contributed by atoms with Crippen LogP contribution in [0.2, 0.25) is 0 Å². The van der Waals surface area contributed by atoms with Crippen molar-refractivity contribution in [2.75, 3.05) is 10.2 Å². The molecule has 0 radical (unpaired) electrons. The molecule has 6 nitrogen and oxygen atoms in total. The minimum absolute atomic E-state index is 0.138. The summed E-state index contributed by atoms with van der Waals surface area (Å²) in [4.78, 5) is 37.1. The molecule has 128 valence electrons. The molecule has 1 heterocycles. The highest BCUT2D eigenvalue weighted by atomic mass is 16.2. The molecule has 1 aliphatic rings. The fraction of sp³-hybridized carbons (Fsp3) is 0.211. The maximum atomic E-state index is 12.6. The van der Waals surface area contributed by atoms with Crippen LogP contribution >= 0.6 is 0 Å². The summed E-state index contributed by atoms with van der Waals surface area (Å²) in [5.41, 5.74) is 2.18. The van der Waals surface area contributed by atoms with Crippen LogP contribution in [0, 0.1) is 0 Å². The summed E-state index contributed by atoms with van der Waals surface area (Å²) >= 11 is 0. The van der Waals surface area contributed by atoms with Crippen LogP contribution in [0.4, 0.5) is 11.4 Å². The number of hydrogen-bond acceptors (Lipinski definition) is 4. The van der Waals surface area contributed by atoms with E-state index in [1.54, 1.807) is 24.3 Å². The van der Waals surface area contributed by atoms with E-state index in [0.717, 1.165) is 5.56 Å². The lowest BCUT2D eigenvalue weighted by Crippen LogP contribution is -2.38. The Morgan fingerprint density at radius 2 is 1.76 bits per heavy atom. The van der Waals surface area contributed by atoms with Gasteiger partial charge >= 0.3 is 0 Å². The molecule has 6 heteroatoms. The number of benzene rings is 2. The van der Waals surface area contributed by atoms with E-state index in [9.17, 15) is 14.4 Å². The molecule has 0 aromatic heterocycles. The van der Waals surface area contributed by atoms with Gasteiger partial charge in [0.15, 0.2) is 0 Å². The lowest BCUT2D eigenvalue weighted by atomic mass is 10.2. The third-order valence-corrected chi connectivity index (χ3v) is 3.99. The van der Waals surface area contributed by atoms with Crippen molar-refractivity contribution < 1.29 is 14.4 Å². The quantitative estimate of drug-likeness (QED) is 0.819. The van der Waals surface area contributed by atoms with Gasteiger partial charge in [0.05, 0.1) is 18.2 Å². The number of carbonyl (C=O) groups excluding carboxylic acids is 3. The summed E-state index contributed by atoms with van der Waals surface area (Å²) in [5.74, 6) is -0.665. The van der Waals surface area contributed by atoms with Crippen molar-refractivity contribution in [1.29, 1.82) is 0 Å². The molecule has 1 atom stereocenters. The van der Waals surface area contributed by atoms with E-state index in [4.69, 9.17) is 0 Å². The largest absolute Gasteiger partial charge is 0.326 e. The van der Waals surface area contributed by atoms with Crippen LogP contribution in [-0.2, 0) is 20.9 Å². The van der Waals surface area contributed by atoms with Gasteiger partial charge < -0.3 is 10.6 Å². The number of carbonyl (C=O) groups is 3. The Morgan fingerprint density at radius 1 is 1.08 bits per heavy atom. The van der Waals surface area contributed by atoms with Crippen molar-refractivity contribution in [1.82, 2.24) is 5.32 Å². The first-order valence-corrected chi connectivity index (χ1v) is 8.06. The zero-order chi connectivity index (χ0) is 17.8. The van der Waals surface area contributed by atoms with Crippen molar-refractivity contribution in [2.45, 2.75) is 25.9 Å². The normalized spacial score (nSPS) is 17.0. The van der Waals surface area contributed by atoms with Gasteiger partial charge in [-0.3, -0.25) is 14.4 Å². The average Bonchev–Trinajstić information content (AvgIpc) is 2.88. The number of amides is 3. The van der Waals surface area contributed by atoms with Crippen LogP contribution < -0.4 is 15.5 Å². The Labute approximate surface area is 145 Å². The number of nitrogens with one attached hydrogen (secondary N) is 2. The number of anilines is 2. The molecule has 0 saturated carbocycles. The molecule has 2 aromatic rings. The smallest absolute Gasteiger partial charge is 0.251 e. The van der Waals surface area contributed by atoms with Gasteiger partial charge in [0.2, 0.25) is 11.8 Å². The molecule has 0 bridgehead atoms. The van der Waals surface area contributed by atoms with Crippen molar-refractivity contribution in [3.05, 3.63) is 60.2 Å². The molecule has 25 heavy (non-hydrogen) atoms. The standard InChI is InChI=1S/C19H19N3O3/c1-13(23)21-15-7-9-16(10-8-15)22-18(24)11-17(19(22)25)20-12-14-5-3-2-4-6-14/h2-10,17,20H,11-12H2,1H3,(H,21,23). The summed E-state index contributed by atoms with van der Waals surface area (Å²) in [6, 6.07) is 15.8. The van der Waals surface area contributed by atoms with Gasteiger partial charge in [-0.15, -0.1) is 0 Å². The minimum Gasteiger partial charge on any atom is -0.326 e. The topological polar surface area (TPSA) is 78.5 Å². The first kappa shape index (κ1) is 16.9. The van der Waals surface area contributed by atoms with Gasteiger partial charge in [-0.1, -0.05) is 30.3 Å². The number of imide groups is 1. The SMILES string of the molecule is CC(=O)Nc1ccc(N2C(=O)CC(NCc3ccccc3)C2=O)cc1. The van der Waals surface area contributed by atoms with E-state index >= 15 is 0 Å². The van der Waals surface area contributed by atoms with Gasteiger partial charge in [-0.25, -0.2) is 4.90 Å². The molecule has 3 amide bonds. The molecule has 0 aliphatic carbocycles. The molecule has 2 N–H and O–H groups in total. The first-order chi connectivity index (χ1) is 12.0. The molecular formula is C19H19N3O3. The number of rotatable bonds is 5. The van der Waals surface area contributed by atoms with Crippen LogP contribution in [0.5, 0.6) is 0 Å². The molecule has 1 aliphatic heterocycles. The number of nitrogens with zero attached hydrogens (tertiary/aromatic N) is 1. The third kappa shape index (κ3) is 3.92. The van der Waals surface area contributed by atoms with Crippen LogP contribution in [-0.4, -0.2) is 23.8 Å².